The topological polar surface area (TPSA) is 81.7 Å². The van der Waals surface area contributed by atoms with Crippen molar-refractivity contribution in [2.75, 3.05) is 18.5 Å². The van der Waals surface area contributed by atoms with Crippen LogP contribution in [0.1, 0.15) is 73.1 Å². The maximum absolute atomic E-state index is 13.3. The number of carbonyl (C=O) groups is 3. The van der Waals surface area contributed by atoms with Gasteiger partial charge in [0.25, 0.3) is 0 Å². The summed E-state index contributed by atoms with van der Waals surface area (Å²) in [6, 6.07) is 0. The van der Waals surface area contributed by atoms with Gasteiger partial charge in [0.05, 0.1) is 24.2 Å². The predicted molar refractivity (Wildman–Crippen MR) is 105 cm³/mol. The van der Waals surface area contributed by atoms with E-state index >= 15 is 0 Å². The number of carbonyl (C=O) groups excluding carboxylic acids is 3. The molecule has 1 aromatic heterocycles. The Balaban J connectivity index is 1.60. The van der Waals surface area contributed by atoms with E-state index in [0.29, 0.717) is 22.8 Å². The van der Waals surface area contributed by atoms with Gasteiger partial charge < -0.3 is 14.8 Å². The average Bonchev–Trinajstić information content (AvgIpc) is 3.04. The SMILES string of the molecule is CCOC(=O)c1csc(NC(=O)C23CC4CC(CC(C4)C2)C3)c1C(=O)OCC. The van der Waals surface area contributed by atoms with E-state index in [-0.39, 0.29) is 35.7 Å². The molecule has 6 nitrogen and oxygen atoms in total. The van der Waals surface area contributed by atoms with Gasteiger partial charge >= 0.3 is 11.9 Å². The minimum Gasteiger partial charge on any atom is -0.462 e. The van der Waals surface area contributed by atoms with Crippen LogP contribution in [0.2, 0.25) is 0 Å². The third-order valence-corrected chi connectivity index (χ3v) is 7.41. The number of ether oxygens (including phenoxy) is 2. The van der Waals surface area contributed by atoms with Gasteiger partial charge in [0, 0.05) is 5.38 Å². The van der Waals surface area contributed by atoms with E-state index in [1.165, 1.54) is 30.6 Å². The molecule has 1 N–H and O–H groups in total. The molecule has 1 heterocycles. The van der Waals surface area contributed by atoms with Gasteiger partial charge in [-0.25, -0.2) is 9.59 Å². The standard InChI is InChI=1S/C21H27NO5S/c1-3-26-18(23)15-11-28-17(16(15)19(24)27-4-2)22-20(25)21-8-12-5-13(9-21)7-14(6-12)10-21/h11-14H,3-10H2,1-2H3,(H,22,25). The Kier molecular flexibility index (Phi) is 5.21. The summed E-state index contributed by atoms with van der Waals surface area (Å²) in [6.45, 7) is 3.83. The van der Waals surface area contributed by atoms with E-state index in [0.717, 1.165) is 19.3 Å². The Bertz CT molecular complexity index is 763. The Morgan fingerprint density at radius 2 is 1.54 bits per heavy atom. The van der Waals surface area contributed by atoms with E-state index in [2.05, 4.69) is 5.32 Å². The van der Waals surface area contributed by atoms with Crippen LogP contribution in [0.25, 0.3) is 0 Å². The molecule has 5 rings (SSSR count). The van der Waals surface area contributed by atoms with Crippen molar-refractivity contribution in [3.63, 3.8) is 0 Å². The number of esters is 2. The Morgan fingerprint density at radius 3 is 2.07 bits per heavy atom. The lowest BCUT2D eigenvalue weighted by molar-refractivity contribution is -0.140. The number of nitrogens with one attached hydrogen (secondary N) is 1. The number of rotatable bonds is 6. The fourth-order valence-electron chi connectivity index (χ4n) is 5.84. The molecule has 1 aromatic rings. The summed E-state index contributed by atoms with van der Waals surface area (Å²) >= 11 is 1.18. The first kappa shape index (κ1) is 19.4. The van der Waals surface area contributed by atoms with Crippen LogP contribution in [0.3, 0.4) is 0 Å². The zero-order valence-electron chi connectivity index (χ0n) is 16.4. The summed E-state index contributed by atoms with van der Waals surface area (Å²) in [5, 5.41) is 4.96. The fraction of sp³-hybridized carbons (Fsp3) is 0.667. The maximum atomic E-state index is 13.3. The molecule has 4 saturated carbocycles. The molecule has 28 heavy (non-hydrogen) atoms. The average molecular weight is 406 g/mol. The van der Waals surface area contributed by atoms with Gasteiger partial charge in [-0.3, -0.25) is 4.79 Å². The highest BCUT2D eigenvalue weighted by molar-refractivity contribution is 7.15. The van der Waals surface area contributed by atoms with E-state index < -0.39 is 11.9 Å². The van der Waals surface area contributed by atoms with Crippen LogP contribution < -0.4 is 5.32 Å². The highest BCUT2D eigenvalue weighted by atomic mass is 32.1. The summed E-state index contributed by atoms with van der Waals surface area (Å²) in [5.74, 6) is 0.777. The molecule has 7 heteroatoms. The summed E-state index contributed by atoms with van der Waals surface area (Å²) in [6.07, 6.45) is 6.59. The highest BCUT2D eigenvalue weighted by Crippen LogP contribution is 2.60. The third-order valence-electron chi connectivity index (χ3n) is 6.51. The van der Waals surface area contributed by atoms with E-state index in [4.69, 9.17) is 9.47 Å². The Morgan fingerprint density at radius 1 is 1.00 bits per heavy atom. The lowest BCUT2D eigenvalue weighted by Crippen LogP contribution is -2.51. The minimum absolute atomic E-state index is 0.00518. The predicted octanol–water partition coefficient (Wildman–Crippen LogP) is 4.26. The quantitative estimate of drug-likeness (QED) is 0.715. The van der Waals surface area contributed by atoms with Crippen LogP contribution in [-0.4, -0.2) is 31.1 Å². The third kappa shape index (κ3) is 3.34. The molecular weight excluding hydrogens is 378 g/mol. The van der Waals surface area contributed by atoms with Crippen molar-refractivity contribution in [3.05, 3.63) is 16.5 Å². The van der Waals surface area contributed by atoms with Gasteiger partial charge in [0.2, 0.25) is 5.91 Å². The second-order valence-corrected chi connectivity index (χ2v) is 9.33. The Hall–Kier alpha value is -1.89. The van der Waals surface area contributed by atoms with Gasteiger partial charge in [-0.15, -0.1) is 11.3 Å². The number of hydrogen-bond donors (Lipinski definition) is 1. The molecule has 0 aromatic carbocycles. The summed E-state index contributed by atoms with van der Waals surface area (Å²) in [4.78, 5) is 38.1. The van der Waals surface area contributed by atoms with Crippen LogP contribution in [0.5, 0.6) is 0 Å². The monoisotopic (exact) mass is 405 g/mol. The van der Waals surface area contributed by atoms with Crippen molar-refractivity contribution in [2.45, 2.75) is 52.4 Å². The largest absolute Gasteiger partial charge is 0.462 e. The maximum Gasteiger partial charge on any atom is 0.342 e. The molecule has 0 unspecified atom stereocenters. The molecule has 0 radical (unpaired) electrons. The van der Waals surface area contributed by atoms with E-state index in [1.807, 2.05) is 0 Å². The zero-order chi connectivity index (χ0) is 19.9. The lowest BCUT2D eigenvalue weighted by atomic mass is 9.49. The Labute approximate surface area is 169 Å². The van der Waals surface area contributed by atoms with E-state index in [9.17, 15) is 14.4 Å². The second kappa shape index (κ2) is 7.50. The fourth-order valence-corrected chi connectivity index (χ4v) is 6.75. The molecule has 4 aliphatic rings. The van der Waals surface area contributed by atoms with E-state index in [1.54, 1.807) is 19.2 Å². The second-order valence-electron chi connectivity index (χ2n) is 8.45. The van der Waals surface area contributed by atoms with Crippen LogP contribution in [0.15, 0.2) is 5.38 Å². The first-order valence-electron chi connectivity index (χ1n) is 10.2. The van der Waals surface area contributed by atoms with Crippen molar-refractivity contribution < 1.29 is 23.9 Å². The smallest absolute Gasteiger partial charge is 0.342 e. The molecule has 1 amide bonds. The first-order valence-corrected chi connectivity index (χ1v) is 11.1. The van der Waals surface area contributed by atoms with Gasteiger partial charge in [0.15, 0.2) is 0 Å². The molecule has 4 aliphatic carbocycles. The van der Waals surface area contributed by atoms with Gasteiger partial charge in [-0.2, -0.15) is 0 Å². The zero-order valence-corrected chi connectivity index (χ0v) is 17.2. The summed E-state index contributed by atoms with van der Waals surface area (Å²) < 4.78 is 10.2. The molecule has 0 saturated heterocycles. The van der Waals surface area contributed by atoms with Crippen molar-refractivity contribution in [1.82, 2.24) is 0 Å². The van der Waals surface area contributed by atoms with Crippen molar-refractivity contribution >= 4 is 34.2 Å². The number of anilines is 1. The van der Waals surface area contributed by atoms with Crippen LogP contribution in [0.4, 0.5) is 5.00 Å². The van der Waals surface area contributed by atoms with Crippen molar-refractivity contribution in [1.29, 1.82) is 0 Å². The highest BCUT2D eigenvalue weighted by Gasteiger charge is 2.54. The number of thiophene rings is 1. The van der Waals surface area contributed by atoms with Crippen molar-refractivity contribution in [2.24, 2.45) is 23.2 Å². The van der Waals surface area contributed by atoms with Gasteiger partial charge in [0.1, 0.15) is 10.6 Å². The van der Waals surface area contributed by atoms with Gasteiger partial charge in [-0.05, 0) is 70.1 Å². The molecule has 152 valence electrons. The molecule has 4 bridgehead atoms. The van der Waals surface area contributed by atoms with Gasteiger partial charge in [-0.1, -0.05) is 0 Å². The van der Waals surface area contributed by atoms with Crippen LogP contribution in [-0.2, 0) is 14.3 Å². The summed E-state index contributed by atoms with van der Waals surface area (Å²) in [7, 11) is 0. The molecule has 4 fully saturated rings. The normalized spacial score (nSPS) is 30.1. The lowest BCUT2D eigenvalue weighted by Gasteiger charge is -2.55. The molecule has 0 aliphatic heterocycles. The van der Waals surface area contributed by atoms with Crippen molar-refractivity contribution in [3.8, 4) is 0 Å². The molecular formula is C21H27NO5S. The number of amides is 1. The van der Waals surface area contributed by atoms with Crippen LogP contribution >= 0.6 is 11.3 Å². The number of hydrogen-bond acceptors (Lipinski definition) is 6. The molecule has 0 atom stereocenters. The van der Waals surface area contributed by atoms with Crippen LogP contribution in [0, 0.1) is 23.2 Å². The molecule has 0 spiro atoms. The summed E-state index contributed by atoms with van der Waals surface area (Å²) in [5.41, 5.74) is -0.0520. The first-order chi connectivity index (χ1) is 13.5. The minimum atomic E-state index is -0.604.